The summed E-state index contributed by atoms with van der Waals surface area (Å²) in [4.78, 5) is 7.53. The molecular weight excluding hydrogens is 665 g/mol. The van der Waals surface area contributed by atoms with Crippen LogP contribution in [0.15, 0.2) is 186 Å². The zero-order valence-electron chi connectivity index (χ0n) is 28.5. The monoisotopic (exact) mass is 694 g/mol. The molecule has 0 bridgehead atoms. The Balaban J connectivity index is 1.04. The number of rotatable bonds is 5. The van der Waals surface area contributed by atoms with Crippen molar-refractivity contribution in [3.63, 3.8) is 0 Å². The first kappa shape index (κ1) is 29.9. The Bertz CT molecular complexity index is 3190. The van der Waals surface area contributed by atoms with E-state index in [2.05, 4.69) is 187 Å². The van der Waals surface area contributed by atoms with Crippen molar-refractivity contribution in [1.29, 1.82) is 0 Å². The van der Waals surface area contributed by atoms with Gasteiger partial charge in [0.25, 0.3) is 0 Å². The first-order valence-corrected chi connectivity index (χ1v) is 18.7. The van der Waals surface area contributed by atoms with Crippen LogP contribution in [-0.2, 0) is 0 Å². The molecule has 0 radical (unpaired) electrons. The smallest absolute Gasteiger partial charge is 0.137 e. The molecule has 9 aromatic carbocycles. The van der Waals surface area contributed by atoms with E-state index in [1.165, 1.54) is 48.1 Å². The number of fused-ring (bicyclic) bond motifs is 8. The lowest BCUT2D eigenvalue weighted by molar-refractivity contribution is 0.669. The van der Waals surface area contributed by atoms with Crippen molar-refractivity contribution in [2.45, 2.75) is 0 Å². The molecule has 0 saturated heterocycles. The van der Waals surface area contributed by atoms with Gasteiger partial charge in [-0.25, -0.2) is 4.98 Å². The summed E-state index contributed by atoms with van der Waals surface area (Å²) in [5.74, 6) is 0. The molecule has 0 aliphatic carbocycles. The van der Waals surface area contributed by atoms with E-state index < -0.39 is 0 Å². The fraction of sp³-hybridized carbons (Fsp3) is 0. The molecule has 0 spiro atoms. The summed E-state index contributed by atoms with van der Waals surface area (Å²) in [6.45, 7) is 0. The van der Waals surface area contributed by atoms with Crippen LogP contribution in [0.4, 0.5) is 17.1 Å². The highest BCUT2D eigenvalue weighted by Crippen LogP contribution is 2.44. The molecule has 0 atom stereocenters. The van der Waals surface area contributed by atoms with E-state index in [0.717, 1.165) is 55.1 Å². The molecule has 0 unspecified atom stereocenters. The highest BCUT2D eigenvalue weighted by Gasteiger charge is 2.19. The van der Waals surface area contributed by atoms with E-state index in [1.54, 1.807) is 11.3 Å². The number of thiazole rings is 1. The van der Waals surface area contributed by atoms with E-state index in [9.17, 15) is 0 Å². The number of hydrogen-bond acceptors (Lipinski definition) is 4. The van der Waals surface area contributed by atoms with Crippen molar-refractivity contribution in [3.8, 4) is 21.7 Å². The first-order valence-electron chi connectivity index (χ1n) is 17.9. The number of hydrogen-bond donors (Lipinski definition) is 0. The van der Waals surface area contributed by atoms with Crippen LogP contribution in [0.3, 0.4) is 0 Å². The zero-order chi connectivity index (χ0) is 34.9. The van der Waals surface area contributed by atoms with Gasteiger partial charge in [0.2, 0.25) is 0 Å². The standard InChI is InChI=1S/C49H30N2OS/c1-3-11-35-28-37(17-16-31(35)8-1)33-18-22-38(23-19-33)51(39-24-20-32-9-2-4-12-36(32)29-39)40-25-26-42-45(30-40)52-44-15-7-14-43(47(42)44)49-50-48-41-13-6-5-10-34(41)21-27-46(48)53-49/h1-30H. The molecular formula is C49H30N2OS. The number of anilines is 3. The van der Waals surface area contributed by atoms with Crippen molar-refractivity contribution >= 4 is 92.9 Å². The fourth-order valence-corrected chi connectivity index (χ4v) is 8.86. The maximum Gasteiger partial charge on any atom is 0.137 e. The number of benzene rings is 9. The molecule has 248 valence electrons. The number of aromatic nitrogens is 1. The highest BCUT2D eigenvalue weighted by molar-refractivity contribution is 7.21. The van der Waals surface area contributed by atoms with Gasteiger partial charge in [0, 0.05) is 44.9 Å². The van der Waals surface area contributed by atoms with Crippen molar-refractivity contribution < 1.29 is 4.42 Å². The Morgan fingerprint density at radius 3 is 1.91 bits per heavy atom. The van der Waals surface area contributed by atoms with Gasteiger partial charge >= 0.3 is 0 Å². The van der Waals surface area contributed by atoms with Gasteiger partial charge in [-0.15, -0.1) is 11.3 Å². The van der Waals surface area contributed by atoms with Crippen LogP contribution in [-0.4, -0.2) is 4.98 Å². The highest BCUT2D eigenvalue weighted by atomic mass is 32.1. The third-order valence-electron chi connectivity index (χ3n) is 10.5. The normalized spacial score (nSPS) is 11.8. The predicted molar refractivity (Wildman–Crippen MR) is 225 cm³/mol. The van der Waals surface area contributed by atoms with E-state index in [0.29, 0.717) is 0 Å². The summed E-state index contributed by atoms with van der Waals surface area (Å²) >= 11 is 1.73. The van der Waals surface area contributed by atoms with Gasteiger partial charge in [-0.05, 0) is 92.7 Å². The van der Waals surface area contributed by atoms with Gasteiger partial charge in [-0.3, -0.25) is 0 Å². The SMILES string of the molecule is c1ccc2cc(-c3ccc(N(c4ccc5ccccc5c4)c4ccc5c(c4)oc4cccc(-c6nc7c(ccc8ccccc87)s6)c45)cc3)ccc2c1. The van der Waals surface area contributed by atoms with Crippen molar-refractivity contribution in [2.75, 3.05) is 4.90 Å². The predicted octanol–water partition coefficient (Wildman–Crippen LogP) is 14.5. The van der Waals surface area contributed by atoms with Crippen LogP contribution in [0, 0.1) is 0 Å². The molecule has 11 aromatic rings. The lowest BCUT2D eigenvalue weighted by atomic mass is 10.0. The third-order valence-corrected chi connectivity index (χ3v) is 11.5. The third kappa shape index (κ3) is 4.99. The van der Waals surface area contributed by atoms with Crippen LogP contribution in [0.2, 0.25) is 0 Å². The van der Waals surface area contributed by atoms with Crippen molar-refractivity contribution in [2.24, 2.45) is 0 Å². The molecule has 3 nitrogen and oxygen atoms in total. The average molecular weight is 695 g/mol. The van der Waals surface area contributed by atoms with E-state index in [1.807, 2.05) is 0 Å². The van der Waals surface area contributed by atoms with Crippen molar-refractivity contribution in [1.82, 2.24) is 4.98 Å². The minimum Gasteiger partial charge on any atom is -0.456 e. The van der Waals surface area contributed by atoms with Crippen LogP contribution in [0.25, 0.3) is 86.2 Å². The van der Waals surface area contributed by atoms with Gasteiger partial charge in [0.1, 0.15) is 16.2 Å². The molecule has 0 saturated carbocycles. The lowest BCUT2D eigenvalue weighted by Gasteiger charge is -2.26. The van der Waals surface area contributed by atoms with E-state index in [4.69, 9.17) is 9.40 Å². The molecule has 2 heterocycles. The minimum absolute atomic E-state index is 0.843. The molecule has 0 N–H and O–H groups in total. The Hall–Kier alpha value is -6.75. The molecule has 53 heavy (non-hydrogen) atoms. The Morgan fingerprint density at radius 2 is 1.08 bits per heavy atom. The van der Waals surface area contributed by atoms with Crippen LogP contribution in [0.5, 0.6) is 0 Å². The zero-order valence-corrected chi connectivity index (χ0v) is 29.3. The summed E-state index contributed by atoms with van der Waals surface area (Å²) in [7, 11) is 0. The van der Waals surface area contributed by atoms with Gasteiger partial charge in [-0.1, -0.05) is 121 Å². The first-order chi connectivity index (χ1) is 26.2. The van der Waals surface area contributed by atoms with Crippen molar-refractivity contribution in [3.05, 3.63) is 182 Å². The van der Waals surface area contributed by atoms with Gasteiger partial charge < -0.3 is 9.32 Å². The van der Waals surface area contributed by atoms with Gasteiger partial charge in [0.05, 0.1) is 10.2 Å². The van der Waals surface area contributed by atoms with E-state index >= 15 is 0 Å². The summed E-state index contributed by atoms with van der Waals surface area (Å²) in [6.07, 6.45) is 0. The largest absolute Gasteiger partial charge is 0.456 e. The second-order valence-electron chi connectivity index (χ2n) is 13.6. The second kappa shape index (κ2) is 11.9. The summed E-state index contributed by atoms with van der Waals surface area (Å²) < 4.78 is 7.84. The van der Waals surface area contributed by atoms with Crippen LogP contribution < -0.4 is 4.90 Å². The molecule has 0 amide bonds. The van der Waals surface area contributed by atoms with Crippen LogP contribution >= 0.6 is 11.3 Å². The number of furan rings is 1. The maximum absolute atomic E-state index is 6.65. The average Bonchev–Trinajstić information content (AvgIpc) is 3.83. The topological polar surface area (TPSA) is 29.3 Å². The fourth-order valence-electron chi connectivity index (χ4n) is 7.84. The molecule has 4 heteroatoms. The molecule has 0 fully saturated rings. The second-order valence-corrected chi connectivity index (χ2v) is 14.6. The van der Waals surface area contributed by atoms with E-state index in [-0.39, 0.29) is 0 Å². The summed E-state index contributed by atoms with van der Waals surface area (Å²) in [5.41, 5.74) is 9.41. The molecule has 0 aliphatic heterocycles. The maximum atomic E-state index is 6.65. The van der Waals surface area contributed by atoms with Gasteiger partial charge in [-0.2, -0.15) is 0 Å². The Kier molecular flexibility index (Phi) is 6.73. The quantitative estimate of drug-likeness (QED) is 0.180. The lowest BCUT2D eigenvalue weighted by Crippen LogP contribution is -2.09. The van der Waals surface area contributed by atoms with Crippen LogP contribution in [0.1, 0.15) is 0 Å². The summed E-state index contributed by atoms with van der Waals surface area (Å²) in [6, 6.07) is 65.0. The Morgan fingerprint density at radius 1 is 0.434 bits per heavy atom. The minimum atomic E-state index is 0.843. The molecule has 2 aromatic heterocycles. The molecule has 0 aliphatic rings. The van der Waals surface area contributed by atoms with Gasteiger partial charge in [0.15, 0.2) is 0 Å². The molecule has 11 rings (SSSR count). The Labute approximate surface area is 309 Å². The number of nitrogens with zero attached hydrogens (tertiary/aromatic N) is 2. The summed E-state index contributed by atoms with van der Waals surface area (Å²) in [5, 5.41) is 10.5.